The van der Waals surface area contributed by atoms with Crippen molar-refractivity contribution < 1.29 is 8.83 Å². The third-order valence-corrected chi connectivity index (χ3v) is 18.6. The summed E-state index contributed by atoms with van der Waals surface area (Å²) in [5.74, 6) is 1.36. The number of benzene rings is 13. The molecule has 8 nitrogen and oxygen atoms in total. The fraction of sp³-hybridized carbons (Fsp3) is 0. The number of para-hydroxylation sites is 2. The Morgan fingerprint density at radius 1 is 0.190 bits per heavy atom. The van der Waals surface area contributed by atoms with Crippen molar-refractivity contribution in [3.05, 3.63) is 352 Å². The maximum Gasteiger partial charge on any atom is 0.160 e. The molecule has 13 aromatic carbocycles. The van der Waals surface area contributed by atoms with Gasteiger partial charge in [0.2, 0.25) is 0 Å². The van der Waals surface area contributed by atoms with E-state index in [0.717, 1.165) is 167 Å². The number of nitrogens with zero attached hydrogens (tertiary/aromatic N) is 6. The number of furan rings is 2. The second kappa shape index (κ2) is 25.5. The van der Waals surface area contributed by atoms with Crippen LogP contribution < -0.4 is 0 Å². The number of hydrogen-bond acceptors (Lipinski definition) is 8. The number of pyridine rings is 2. The van der Waals surface area contributed by atoms with E-state index in [2.05, 4.69) is 243 Å². The fourth-order valence-electron chi connectivity index (χ4n) is 13.7. The number of aromatic nitrogens is 6. The third kappa shape index (κ3) is 11.1. The Labute approximate surface area is 576 Å². The van der Waals surface area contributed by atoms with Crippen LogP contribution in [0.4, 0.5) is 0 Å². The molecular weight excluding hydrogens is 1220 g/mol. The average molecular weight is 1280 g/mol. The van der Waals surface area contributed by atoms with E-state index in [9.17, 15) is 0 Å². The van der Waals surface area contributed by atoms with Crippen LogP contribution in [0.15, 0.2) is 361 Å². The van der Waals surface area contributed by atoms with Gasteiger partial charge >= 0.3 is 0 Å². The van der Waals surface area contributed by atoms with Gasteiger partial charge in [0.15, 0.2) is 11.6 Å². The highest BCUT2D eigenvalue weighted by molar-refractivity contribution is 6.23. The molecule has 19 rings (SSSR count). The van der Waals surface area contributed by atoms with Crippen molar-refractivity contribution in [3.8, 4) is 124 Å². The van der Waals surface area contributed by atoms with Crippen LogP contribution in [0.5, 0.6) is 0 Å². The first-order valence-electron chi connectivity index (χ1n) is 33.5. The van der Waals surface area contributed by atoms with Crippen LogP contribution in [0.1, 0.15) is 0 Å². The van der Waals surface area contributed by atoms with Gasteiger partial charge in [0.25, 0.3) is 0 Å². The molecule has 0 saturated heterocycles. The molecule has 0 saturated carbocycles. The molecule has 468 valence electrons. The Hall–Kier alpha value is -13.6. The maximum atomic E-state index is 6.67. The van der Waals surface area contributed by atoms with Gasteiger partial charge in [-0.1, -0.05) is 315 Å². The van der Waals surface area contributed by atoms with Gasteiger partial charge in [-0.05, 0) is 69.8 Å². The zero-order valence-electron chi connectivity index (χ0n) is 54.0. The monoisotopic (exact) mass is 1280 g/mol. The van der Waals surface area contributed by atoms with Gasteiger partial charge < -0.3 is 8.83 Å². The van der Waals surface area contributed by atoms with Crippen molar-refractivity contribution in [1.29, 1.82) is 0 Å². The van der Waals surface area contributed by atoms with E-state index in [1.54, 1.807) is 0 Å². The van der Waals surface area contributed by atoms with Gasteiger partial charge in [-0.2, -0.15) is 0 Å². The van der Waals surface area contributed by atoms with Crippen molar-refractivity contribution in [2.45, 2.75) is 0 Å². The standard InChI is InChI=1S/C49H31N3O.C43H27N3O/c1-4-13-32(14-5-1)33-23-25-36(26-24-33)43-31-42(35-17-8-3-9-18-35)51-49(52-43)38-29-27-37(28-30-38)47-46-40-19-10-11-22-44(40)53-48(46)45-39(20-12-21-41(45)50-47)34-15-6-2-7-16-34;1-4-13-28(14-5-1)33-20-12-21-35-39(33)42-40(34-19-10-11-22-38(34)47-42)41(44-35)31-25-23-30(24-26-31)37-27-36(29-15-6-2-7-16-29)45-43(46-37)32-17-8-3-9-18-32/h1-31H;1-27H. The summed E-state index contributed by atoms with van der Waals surface area (Å²) in [7, 11) is 0. The molecule has 100 heavy (non-hydrogen) atoms. The average Bonchev–Trinajstić information content (AvgIpc) is 1.53. The Bertz CT molecular complexity index is 6150. The highest BCUT2D eigenvalue weighted by Crippen LogP contribution is 2.46. The summed E-state index contributed by atoms with van der Waals surface area (Å²) < 4.78 is 13.3. The minimum Gasteiger partial charge on any atom is -0.455 e. The van der Waals surface area contributed by atoms with E-state index in [1.807, 2.05) is 109 Å². The Kier molecular flexibility index (Phi) is 15.1. The fourth-order valence-corrected chi connectivity index (χ4v) is 13.7. The van der Waals surface area contributed by atoms with E-state index >= 15 is 0 Å². The molecule has 0 amide bonds. The van der Waals surface area contributed by atoms with Crippen LogP contribution in [0.3, 0.4) is 0 Å². The highest BCUT2D eigenvalue weighted by atomic mass is 16.3. The van der Waals surface area contributed by atoms with Crippen LogP contribution >= 0.6 is 0 Å². The molecule has 0 spiro atoms. The van der Waals surface area contributed by atoms with Gasteiger partial charge in [0.05, 0.1) is 66.7 Å². The van der Waals surface area contributed by atoms with E-state index in [1.165, 1.54) is 11.1 Å². The van der Waals surface area contributed by atoms with E-state index in [4.69, 9.17) is 38.7 Å². The Morgan fingerprint density at radius 3 is 0.860 bits per heavy atom. The molecule has 0 N–H and O–H groups in total. The van der Waals surface area contributed by atoms with Gasteiger partial charge in [0, 0.05) is 55.3 Å². The largest absolute Gasteiger partial charge is 0.455 e. The Balaban J connectivity index is 0.000000145. The topological polar surface area (TPSA) is 104 Å². The smallest absolute Gasteiger partial charge is 0.160 e. The molecule has 0 bridgehead atoms. The predicted molar refractivity (Wildman–Crippen MR) is 409 cm³/mol. The van der Waals surface area contributed by atoms with Crippen LogP contribution in [-0.4, -0.2) is 29.9 Å². The Morgan fingerprint density at radius 2 is 0.470 bits per heavy atom. The first-order valence-corrected chi connectivity index (χ1v) is 33.5. The van der Waals surface area contributed by atoms with Crippen LogP contribution in [0.2, 0.25) is 0 Å². The number of fused-ring (bicyclic) bond motifs is 10. The van der Waals surface area contributed by atoms with E-state index in [-0.39, 0.29) is 0 Å². The van der Waals surface area contributed by atoms with Crippen molar-refractivity contribution in [3.63, 3.8) is 0 Å². The zero-order chi connectivity index (χ0) is 66.3. The summed E-state index contributed by atoms with van der Waals surface area (Å²) in [6, 6.07) is 121. The van der Waals surface area contributed by atoms with Crippen molar-refractivity contribution in [1.82, 2.24) is 29.9 Å². The molecule has 0 aliphatic carbocycles. The minimum absolute atomic E-state index is 0.665. The predicted octanol–water partition coefficient (Wildman–Crippen LogP) is 24.2. The van der Waals surface area contributed by atoms with Crippen molar-refractivity contribution in [2.24, 2.45) is 0 Å². The molecule has 0 radical (unpaired) electrons. The zero-order valence-corrected chi connectivity index (χ0v) is 54.0. The number of rotatable bonds is 11. The molecule has 6 heterocycles. The second-order valence-electron chi connectivity index (χ2n) is 24.8. The maximum absolute atomic E-state index is 6.67. The summed E-state index contributed by atoms with van der Waals surface area (Å²) in [5, 5.41) is 6.15. The van der Waals surface area contributed by atoms with Gasteiger partial charge in [-0.15, -0.1) is 0 Å². The lowest BCUT2D eigenvalue weighted by molar-refractivity contribution is 0.672. The molecule has 0 aliphatic rings. The summed E-state index contributed by atoms with van der Waals surface area (Å²) in [6.07, 6.45) is 0. The quantitative estimate of drug-likeness (QED) is 0.126. The molecule has 0 atom stereocenters. The van der Waals surface area contributed by atoms with Gasteiger partial charge in [-0.25, -0.2) is 29.9 Å². The highest BCUT2D eigenvalue weighted by Gasteiger charge is 2.24. The van der Waals surface area contributed by atoms with Crippen LogP contribution in [0.25, 0.3) is 189 Å². The van der Waals surface area contributed by atoms with E-state index < -0.39 is 0 Å². The first-order chi connectivity index (χ1) is 49.6. The minimum atomic E-state index is 0.665. The van der Waals surface area contributed by atoms with Gasteiger partial charge in [-0.3, -0.25) is 0 Å². The number of hydrogen-bond donors (Lipinski definition) is 0. The van der Waals surface area contributed by atoms with Crippen molar-refractivity contribution in [2.75, 3.05) is 0 Å². The summed E-state index contributed by atoms with van der Waals surface area (Å²) in [6.45, 7) is 0. The SMILES string of the molecule is c1ccc(-c2cc(-c3ccc(-c4nc5cccc(-c6ccccc6)c5c5oc6ccccc6c45)cc3)nc(-c3ccccc3)n2)cc1.c1ccc(-c2ccc(-c3cc(-c4ccccc4)nc(-c4ccc(-c5nc6cccc(-c7ccccc7)c6c6oc7ccccc7c56)cc4)n3)cc2)cc1. The van der Waals surface area contributed by atoms with E-state index in [0.29, 0.717) is 11.6 Å². The molecule has 8 heteroatoms. The molecule has 0 unspecified atom stereocenters. The lowest BCUT2D eigenvalue weighted by Crippen LogP contribution is -1.96. The molecule has 6 aromatic heterocycles. The molecular formula is C92H58N6O2. The normalized spacial score (nSPS) is 11.4. The summed E-state index contributed by atoms with van der Waals surface area (Å²) >= 11 is 0. The lowest BCUT2D eigenvalue weighted by Gasteiger charge is -2.12. The second-order valence-corrected chi connectivity index (χ2v) is 24.8. The third-order valence-electron chi connectivity index (χ3n) is 18.6. The van der Waals surface area contributed by atoms with Crippen LogP contribution in [0, 0.1) is 0 Å². The van der Waals surface area contributed by atoms with Crippen LogP contribution in [-0.2, 0) is 0 Å². The summed E-state index contributed by atoms with van der Waals surface area (Å²) in [4.78, 5) is 30.8. The molecule has 0 aliphatic heterocycles. The molecule has 19 aromatic rings. The van der Waals surface area contributed by atoms with Gasteiger partial charge in [0.1, 0.15) is 22.3 Å². The lowest BCUT2D eigenvalue weighted by atomic mass is 9.96. The molecule has 0 fully saturated rings. The van der Waals surface area contributed by atoms with Crippen molar-refractivity contribution >= 4 is 65.7 Å². The summed E-state index contributed by atoms with van der Waals surface area (Å²) in [5.41, 5.74) is 25.3. The first kappa shape index (κ1) is 59.0.